The molecule has 5 nitrogen and oxygen atoms in total. The third kappa shape index (κ3) is 4.26. The number of methoxy groups -OCH3 is 1. The number of amides is 1. The number of nitriles is 1. The maximum Gasteiger partial charge on any atom is 0.258 e. The summed E-state index contributed by atoms with van der Waals surface area (Å²) < 4.78 is 10.8. The lowest BCUT2D eigenvalue weighted by Gasteiger charge is -2.18. The van der Waals surface area contributed by atoms with Gasteiger partial charge in [-0.1, -0.05) is 29.8 Å². The molecule has 0 aliphatic heterocycles. The smallest absolute Gasteiger partial charge is 0.258 e. The van der Waals surface area contributed by atoms with Crippen molar-refractivity contribution in [1.29, 1.82) is 5.26 Å². The van der Waals surface area contributed by atoms with E-state index in [9.17, 15) is 4.79 Å². The van der Waals surface area contributed by atoms with Gasteiger partial charge in [-0.25, -0.2) is 0 Å². The summed E-state index contributed by atoms with van der Waals surface area (Å²) in [4.78, 5) is 12.1. The summed E-state index contributed by atoms with van der Waals surface area (Å²) in [6.45, 7) is 3.72. The van der Waals surface area contributed by atoms with Crippen LogP contribution in [0.25, 0.3) is 0 Å². The van der Waals surface area contributed by atoms with Crippen molar-refractivity contribution in [3.8, 4) is 17.6 Å². The van der Waals surface area contributed by atoms with Gasteiger partial charge in [0.15, 0.2) is 6.61 Å². The van der Waals surface area contributed by atoms with Gasteiger partial charge in [-0.3, -0.25) is 4.79 Å². The molecular formula is C19H20N2O3. The highest BCUT2D eigenvalue weighted by Gasteiger charge is 2.15. The summed E-state index contributed by atoms with van der Waals surface area (Å²) in [5.41, 5.74) is 2.40. The monoisotopic (exact) mass is 324 g/mol. The van der Waals surface area contributed by atoms with Crippen molar-refractivity contribution in [2.24, 2.45) is 0 Å². The number of ether oxygens (including phenoxy) is 2. The molecule has 0 aliphatic rings. The minimum Gasteiger partial charge on any atom is -0.496 e. The predicted molar refractivity (Wildman–Crippen MR) is 90.9 cm³/mol. The van der Waals surface area contributed by atoms with Gasteiger partial charge < -0.3 is 14.8 Å². The number of carbonyl (C=O) groups is 1. The zero-order chi connectivity index (χ0) is 17.5. The molecule has 0 unspecified atom stereocenters. The zero-order valence-corrected chi connectivity index (χ0v) is 14.0. The van der Waals surface area contributed by atoms with Gasteiger partial charge in [-0.15, -0.1) is 0 Å². The summed E-state index contributed by atoms with van der Waals surface area (Å²) in [5, 5.41) is 11.9. The van der Waals surface area contributed by atoms with Crippen molar-refractivity contribution >= 4 is 5.91 Å². The molecule has 0 aromatic heterocycles. The van der Waals surface area contributed by atoms with Crippen LogP contribution in [0.2, 0.25) is 0 Å². The quantitative estimate of drug-likeness (QED) is 0.886. The third-order valence-corrected chi connectivity index (χ3v) is 3.60. The Morgan fingerprint density at radius 3 is 2.71 bits per heavy atom. The summed E-state index contributed by atoms with van der Waals surface area (Å²) >= 11 is 0. The Labute approximate surface area is 141 Å². The minimum atomic E-state index is -0.265. The van der Waals surface area contributed by atoms with E-state index in [4.69, 9.17) is 14.7 Å². The van der Waals surface area contributed by atoms with Gasteiger partial charge in [0.1, 0.15) is 17.6 Å². The van der Waals surface area contributed by atoms with Gasteiger partial charge in [0, 0.05) is 5.56 Å². The van der Waals surface area contributed by atoms with Gasteiger partial charge in [0.2, 0.25) is 0 Å². The molecule has 0 aliphatic carbocycles. The van der Waals surface area contributed by atoms with E-state index in [0.717, 1.165) is 16.9 Å². The molecule has 5 heteroatoms. The standard InChI is InChI=1S/C19H20N2O3/c1-13-8-9-18(23-3)16(10-13)14(2)21-19(22)12-24-17-7-5-4-6-15(17)11-20/h4-10,14H,12H2,1-3H3,(H,21,22)/t14-/m0/s1. The van der Waals surface area contributed by atoms with E-state index in [1.165, 1.54) is 0 Å². The molecule has 0 heterocycles. The van der Waals surface area contributed by atoms with Gasteiger partial charge in [0.25, 0.3) is 5.91 Å². The summed E-state index contributed by atoms with van der Waals surface area (Å²) in [5.74, 6) is 0.860. The molecule has 2 rings (SSSR count). The van der Waals surface area contributed by atoms with Crippen molar-refractivity contribution in [2.75, 3.05) is 13.7 Å². The van der Waals surface area contributed by atoms with Crippen LogP contribution in [0.5, 0.6) is 11.5 Å². The van der Waals surface area contributed by atoms with Crippen LogP contribution in [0.3, 0.4) is 0 Å². The van der Waals surface area contributed by atoms with Gasteiger partial charge in [0.05, 0.1) is 18.7 Å². The van der Waals surface area contributed by atoms with Gasteiger partial charge >= 0.3 is 0 Å². The highest BCUT2D eigenvalue weighted by Crippen LogP contribution is 2.26. The second kappa shape index (κ2) is 8.02. The molecule has 0 saturated carbocycles. The average molecular weight is 324 g/mol. The van der Waals surface area contributed by atoms with Crippen LogP contribution in [0, 0.1) is 18.3 Å². The molecule has 2 aromatic carbocycles. The van der Waals surface area contributed by atoms with Gasteiger partial charge in [-0.2, -0.15) is 5.26 Å². The lowest BCUT2D eigenvalue weighted by molar-refractivity contribution is -0.123. The summed E-state index contributed by atoms with van der Waals surface area (Å²) in [7, 11) is 1.60. The second-order valence-corrected chi connectivity index (χ2v) is 5.43. The number of nitrogens with zero attached hydrogens (tertiary/aromatic N) is 1. The molecule has 24 heavy (non-hydrogen) atoms. The lowest BCUT2D eigenvalue weighted by Crippen LogP contribution is -2.31. The van der Waals surface area contributed by atoms with Crippen LogP contribution in [-0.4, -0.2) is 19.6 Å². The fourth-order valence-electron chi connectivity index (χ4n) is 2.38. The molecule has 0 radical (unpaired) electrons. The Kier molecular flexibility index (Phi) is 5.80. The van der Waals surface area contributed by atoms with Crippen LogP contribution in [0.15, 0.2) is 42.5 Å². The zero-order valence-electron chi connectivity index (χ0n) is 14.0. The van der Waals surface area contributed by atoms with Crippen molar-refractivity contribution in [2.45, 2.75) is 19.9 Å². The first kappa shape index (κ1) is 17.4. The fraction of sp³-hybridized carbons (Fsp3) is 0.263. The molecule has 124 valence electrons. The van der Waals surface area contributed by atoms with Crippen LogP contribution < -0.4 is 14.8 Å². The SMILES string of the molecule is COc1ccc(C)cc1[C@H](C)NC(=O)COc1ccccc1C#N. The Hall–Kier alpha value is -3.00. The number of nitrogens with one attached hydrogen (secondary N) is 1. The maximum absolute atomic E-state index is 12.1. The first-order valence-corrected chi connectivity index (χ1v) is 7.61. The number of rotatable bonds is 6. The van der Waals surface area contributed by atoms with E-state index < -0.39 is 0 Å². The molecule has 0 fully saturated rings. The average Bonchev–Trinajstić information content (AvgIpc) is 2.60. The van der Waals surface area contributed by atoms with E-state index in [1.54, 1.807) is 31.4 Å². The molecule has 1 N–H and O–H groups in total. The van der Waals surface area contributed by atoms with Crippen LogP contribution >= 0.6 is 0 Å². The Balaban J connectivity index is 2.00. The van der Waals surface area contributed by atoms with Crippen molar-refractivity contribution < 1.29 is 14.3 Å². The Morgan fingerprint density at radius 1 is 1.25 bits per heavy atom. The first-order chi connectivity index (χ1) is 11.5. The van der Waals surface area contributed by atoms with Gasteiger partial charge in [-0.05, 0) is 32.0 Å². The highest BCUT2D eigenvalue weighted by atomic mass is 16.5. The van der Waals surface area contributed by atoms with E-state index in [1.807, 2.05) is 38.1 Å². The molecule has 2 aromatic rings. The van der Waals surface area contributed by atoms with Crippen LogP contribution in [-0.2, 0) is 4.79 Å². The van der Waals surface area contributed by atoms with Crippen molar-refractivity contribution in [3.63, 3.8) is 0 Å². The third-order valence-electron chi connectivity index (χ3n) is 3.60. The van der Waals surface area contributed by atoms with Crippen molar-refractivity contribution in [1.82, 2.24) is 5.32 Å². The number of hydrogen-bond acceptors (Lipinski definition) is 4. The van der Waals surface area contributed by atoms with E-state index in [-0.39, 0.29) is 18.6 Å². The number of benzene rings is 2. The van der Waals surface area contributed by atoms with Crippen molar-refractivity contribution in [3.05, 3.63) is 59.2 Å². The fourth-order valence-corrected chi connectivity index (χ4v) is 2.38. The highest BCUT2D eigenvalue weighted by molar-refractivity contribution is 5.78. The first-order valence-electron chi connectivity index (χ1n) is 7.61. The minimum absolute atomic E-state index is 0.156. The number of carbonyl (C=O) groups excluding carboxylic acids is 1. The number of aryl methyl sites for hydroxylation is 1. The Morgan fingerprint density at radius 2 is 2.00 bits per heavy atom. The molecular weight excluding hydrogens is 304 g/mol. The Bertz CT molecular complexity index is 765. The predicted octanol–water partition coefficient (Wildman–Crippen LogP) is 3.13. The maximum atomic E-state index is 12.1. The molecule has 0 bridgehead atoms. The van der Waals surface area contributed by atoms with E-state index in [0.29, 0.717) is 11.3 Å². The largest absolute Gasteiger partial charge is 0.496 e. The van der Waals surface area contributed by atoms with E-state index in [2.05, 4.69) is 5.32 Å². The normalized spacial score (nSPS) is 11.2. The summed E-state index contributed by atoms with van der Waals surface area (Å²) in [6.07, 6.45) is 0. The number of para-hydroxylation sites is 1. The van der Waals surface area contributed by atoms with Crippen LogP contribution in [0.4, 0.5) is 0 Å². The van der Waals surface area contributed by atoms with Crippen LogP contribution in [0.1, 0.15) is 29.7 Å². The molecule has 0 saturated heterocycles. The molecule has 0 spiro atoms. The molecule has 1 amide bonds. The second-order valence-electron chi connectivity index (χ2n) is 5.43. The summed E-state index contributed by atoms with van der Waals surface area (Å²) in [6, 6.07) is 14.5. The topological polar surface area (TPSA) is 71.3 Å². The molecule has 1 atom stereocenters. The number of hydrogen-bond donors (Lipinski definition) is 1. The lowest BCUT2D eigenvalue weighted by atomic mass is 10.0. The van der Waals surface area contributed by atoms with E-state index >= 15 is 0 Å².